The van der Waals surface area contributed by atoms with Gasteiger partial charge in [-0.3, -0.25) is 14.5 Å². The van der Waals surface area contributed by atoms with E-state index in [-0.39, 0.29) is 18.4 Å². The quantitative estimate of drug-likeness (QED) is 0.788. The number of amides is 2. The van der Waals surface area contributed by atoms with Crippen LogP contribution in [0.25, 0.3) is 0 Å². The van der Waals surface area contributed by atoms with Gasteiger partial charge in [-0.15, -0.1) is 0 Å². The van der Waals surface area contributed by atoms with Crippen molar-refractivity contribution < 1.29 is 14.3 Å². The van der Waals surface area contributed by atoms with Crippen molar-refractivity contribution in [3.05, 3.63) is 70.7 Å². The zero-order valence-electron chi connectivity index (χ0n) is 17.1. The molecule has 1 spiro atoms. The summed E-state index contributed by atoms with van der Waals surface area (Å²) < 4.78 is 6.21. The molecule has 1 N–H and O–H groups in total. The zero-order valence-corrected chi connectivity index (χ0v) is 17.9. The van der Waals surface area contributed by atoms with E-state index in [0.29, 0.717) is 23.0 Å². The van der Waals surface area contributed by atoms with Crippen LogP contribution in [0.5, 0.6) is 0 Å². The molecule has 5 nitrogen and oxygen atoms in total. The first kappa shape index (κ1) is 20.9. The van der Waals surface area contributed by atoms with Gasteiger partial charge in [-0.1, -0.05) is 54.9 Å². The van der Waals surface area contributed by atoms with Crippen molar-refractivity contribution in [2.75, 3.05) is 6.61 Å². The van der Waals surface area contributed by atoms with E-state index in [0.717, 1.165) is 31.2 Å². The predicted octanol–water partition coefficient (Wildman–Crippen LogP) is 4.40. The number of nitrogens with zero attached hydrogens (tertiary/aromatic N) is 1. The first-order chi connectivity index (χ1) is 14.5. The summed E-state index contributed by atoms with van der Waals surface area (Å²) >= 11 is 6.13. The second-order valence-corrected chi connectivity index (χ2v) is 8.78. The molecule has 158 valence electrons. The molecule has 1 aliphatic carbocycles. The molecule has 30 heavy (non-hydrogen) atoms. The van der Waals surface area contributed by atoms with Crippen LogP contribution < -0.4 is 5.32 Å². The van der Waals surface area contributed by atoms with Crippen LogP contribution in [-0.2, 0) is 16.1 Å². The second-order valence-electron chi connectivity index (χ2n) is 8.34. The number of carbonyl (C=O) groups is 2. The molecule has 0 unspecified atom stereocenters. The van der Waals surface area contributed by atoms with Gasteiger partial charge in [0.1, 0.15) is 11.8 Å². The predicted molar refractivity (Wildman–Crippen MR) is 116 cm³/mol. The molecule has 1 saturated carbocycles. The van der Waals surface area contributed by atoms with E-state index in [1.807, 2.05) is 30.3 Å². The van der Waals surface area contributed by atoms with Gasteiger partial charge in [0, 0.05) is 17.1 Å². The fourth-order valence-electron chi connectivity index (χ4n) is 4.44. The summed E-state index contributed by atoms with van der Waals surface area (Å²) in [7, 11) is 0. The summed E-state index contributed by atoms with van der Waals surface area (Å²) in [5, 5.41) is 3.48. The third-order valence-electron chi connectivity index (χ3n) is 6.22. The summed E-state index contributed by atoms with van der Waals surface area (Å²) in [6.07, 6.45) is 3.42. The van der Waals surface area contributed by atoms with Crippen LogP contribution in [0.4, 0.5) is 0 Å². The summed E-state index contributed by atoms with van der Waals surface area (Å²) in [5.74, 6) is 0.197. The van der Waals surface area contributed by atoms with Gasteiger partial charge in [-0.05, 0) is 55.4 Å². The third kappa shape index (κ3) is 4.23. The smallest absolute Gasteiger partial charge is 0.256 e. The lowest BCUT2D eigenvalue weighted by Gasteiger charge is -2.43. The van der Waals surface area contributed by atoms with E-state index >= 15 is 0 Å². The Kier molecular flexibility index (Phi) is 6.11. The van der Waals surface area contributed by atoms with Crippen LogP contribution >= 0.6 is 11.6 Å². The highest BCUT2D eigenvalue weighted by Crippen LogP contribution is 2.43. The van der Waals surface area contributed by atoms with Gasteiger partial charge in [0.25, 0.3) is 5.91 Å². The highest BCUT2D eigenvalue weighted by molar-refractivity contribution is 6.31. The molecule has 2 amide bonds. The molecule has 1 heterocycles. The lowest BCUT2D eigenvalue weighted by molar-refractivity contribution is -0.128. The molecule has 6 heteroatoms. The second kappa shape index (κ2) is 8.78. The molecule has 2 aromatic carbocycles. The zero-order chi connectivity index (χ0) is 21.1. The average Bonchev–Trinajstić information content (AvgIpc) is 3.13. The summed E-state index contributed by atoms with van der Waals surface area (Å²) in [6, 6.07) is 16.0. The first-order valence-corrected chi connectivity index (χ1v) is 10.9. The molecule has 1 aliphatic heterocycles. The number of halogens is 1. The number of nitrogens with one attached hydrogen (secondary N) is 1. The van der Waals surface area contributed by atoms with Crippen LogP contribution in [0.2, 0.25) is 5.02 Å². The molecule has 2 aromatic rings. The van der Waals surface area contributed by atoms with Crippen LogP contribution in [0, 0.1) is 5.92 Å². The Hall–Kier alpha value is -2.37. The number of benzene rings is 2. The Balaban J connectivity index is 1.58. The maximum absolute atomic E-state index is 13.6. The van der Waals surface area contributed by atoms with E-state index in [1.54, 1.807) is 29.2 Å². The molecule has 0 aromatic heterocycles. The van der Waals surface area contributed by atoms with Gasteiger partial charge in [0.2, 0.25) is 5.91 Å². The van der Waals surface area contributed by atoms with Crippen LogP contribution in [0.1, 0.15) is 48.5 Å². The third-order valence-corrected chi connectivity index (χ3v) is 6.45. The Labute approximate surface area is 182 Å². The van der Waals surface area contributed by atoms with Crippen molar-refractivity contribution in [3.63, 3.8) is 0 Å². The molecule has 1 atom stereocenters. The van der Waals surface area contributed by atoms with Gasteiger partial charge in [0.15, 0.2) is 0 Å². The minimum Gasteiger partial charge on any atom is -0.353 e. The van der Waals surface area contributed by atoms with Crippen molar-refractivity contribution >= 4 is 23.4 Å². The van der Waals surface area contributed by atoms with E-state index in [1.165, 1.54) is 0 Å². The highest BCUT2D eigenvalue weighted by Gasteiger charge is 2.53. The Morgan fingerprint density at radius 2 is 1.87 bits per heavy atom. The standard InChI is InChI=1S/C24H27ClN2O3/c1-17-10-12-24(13-11-17)27(23(29)19-8-5-9-20(25)14-19)21(16-30-24)22(28)26-15-18-6-3-2-4-7-18/h2-9,14,17,21H,10-13,15-16H2,1H3,(H,26,28)/t17?,21-,24?/m0/s1. The molecular formula is C24H27ClN2O3. The summed E-state index contributed by atoms with van der Waals surface area (Å²) in [6.45, 7) is 2.84. The Morgan fingerprint density at radius 3 is 2.57 bits per heavy atom. The van der Waals surface area contributed by atoms with Crippen molar-refractivity contribution in [2.24, 2.45) is 5.92 Å². The average molecular weight is 427 g/mol. The van der Waals surface area contributed by atoms with Gasteiger partial charge < -0.3 is 10.1 Å². The van der Waals surface area contributed by atoms with E-state index < -0.39 is 11.8 Å². The van der Waals surface area contributed by atoms with Gasteiger partial charge >= 0.3 is 0 Å². The molecule has 2 fully saturated rings. The number of rotatable bonds is 4. The van der Waals surface area contributed by atoms with Gasteiger partial charge in [-0.25, -0.2) is 0 Å². The monoisotopic (exact) mass is 426 g/mol. The van der Waals surface area contributed by atoms with Crippen LogP contribution in [-0.4, -0.2) is 35.1 Å². The largest absolute Gasteiger partial charge is 0.353 e. The SMILES string of the molecule is CC1CCC2(CC1)OC[C@@H](C(=O)NCc1ccccc1)N2C(=O)c1cccc(Cl)c1. The molecule has 2 aliphatic rings. The Morgan fingerprint density at radius 1 is 1.13 bits per heavy atom. The van der Waals surface area contributed by atoms with Crippen LogP contribution in [0.3, 0.4) is 0 Å². The van der Waals surface area contributed by atoms with E-state index in [2.05, 4.69) is 12.2 Å². The number of carbonyl (C=O) groups excluding carboxylic acids is 2. The fourth-order valence-corrected chi connectivity index (χ4v) is 4.63. The first-order valence-electron chi connectivity index (χ1n) is 10.5. The maximum atomic E-state index is 13.6. The topological polar surface area (TPSA) is 58.6 Å². The normalized spacial score (nSPS) is 26.0. The lowest BCUT2D eigenvalue weighted by atomic mass is 9.83. The van der Waals surface area contributed by atoms with E-state index in [4.69, 9.17) is 16.3 Å². The lowest BCUT2D eigenvalue weighted by Crippen LogP contribution is -2.56. The maximum Gasteiger partial charge on any atom is 0.256 e. The minimum absolute atomic E-state index is 0.190. The summed E-state index contributed by atoms with van der Waals surface area (Å²) in [5.41, 5.74) is 0.770. The van der Waals surface area contributed by atoms with E-state index in [9.17, 15) is 9.59 Å². The van der Waals surface area contributed by atoms with Crippen molar-refractivity contribution in [1.29, 1.82) is 0 Å². The van der Waals surface area contributed by atoms with Gasteiger partial charge in [-0.2, -0.15) is 0 Å². The highest BCUT2D eigenvalue weighted by atomic mass is 35.5. The van der Waals surface area contributed by atoms with Crippen molar-refractivity contribution in [2.45, 2.75) is 50.9 Å². The fraction of sp³-hybridized carbons (Fsp3) is 0.417. The van der Waals surface area contributed by atoms with Gasteiger partial charge in [0.05, 0.1) is 6.61 Å². The molecule has 0 bridgehead atoms. The number of ether oxygens (including phenoxy) is 1. The molecule has 0 radical (unpaired) electrons. The minimum atomic E-state index is -0.722. The number of hydrogen-bond donors (Lipinski definition) is 1. The van der Waals surface area contributed by atoms with Crippen molar-refractivity contribution in [3.8, 4) is 0 Å². The van der Waals surface area contributed by atoms with Crippen LogP contribution in [0.15, 0.2) is 54.6 Å². The number of hydrogen-bond acceptors (Lipinski definition) is 3. The molecule has 1 saturated heterocycles. The van der Waals surface area contributed by atoms with Crippen molar-refractivity contribution in [1.82, 2.24) is 10.2 Å². The summed E-state index contributed by atoms with van der Waals surface area (Å²) in [4.78, 5) is 28.3. The molecule has 4 rings (SSSR count). The molecular weight excluding hydrogens is 400 g/mol. The Bertz CT molecular complexity index is 910.